The molecule has 0 radical (unpaired) electrons. The average Bonchev–Trinajstić information content (AvgIpc) is 2.58. The summed E-state index contributed by atoms with van der Waals surface area (Å²) in [6, 6.07) is 15.1. The maximum Gasteiger partial charge on any atom is 0.188 e. The van der Waals surface area contributed by atoms with Crippen molar-refractivity contribution in [2.75, 3.05) is 25.8 Å². The Labute approximate surface area is 140 Å². The highest BCUT2D eigenvalue weighted by atomic mass is 35.5. The lowest BCUT2D eigenvalue weighted by molar-refractivity contribution is 0.0512. The third kappa shape index (κ3) is 5.33. The van der Waals surface area contributed by atoms with Crippen molar-refractivity contribution in [3.05, 3.63) is 64.7 Å². The summed E-state index contributed by atoms with van der Waals surface area (Å²) < 4.78 is 10.2. The smallest absolute Gasteiger partial charge is 0.188 e. The van der Waals surface area contributed by atoms with Gasteiger partial charge in [-0.05, 0) is 35.9 Å². The van der Waals surface area contributed by atoms with Crippen LogP contribution in [0, 0.1) is 11.3 Å². The minimum atomic E-state index is 0.164. The molecule has 2 aromatic rings. The number of methoxy groups -OCH3 is 1. The molecule has 2 aromatic carbocycles. The highest BCUT2D eigenvalue weighted by Crippen LogP contribution is 2.27. The van der Waals surface area contributed by atoms with Crippen LogP contribution in [0.2, 0.25) is 5.02 Å². The molecule has 0 fully saturated rings. The maximum absolute atomic E-state index is 8.87. The number of benzene rings is 2. The lowest BCUT2D eigenvalue weighted by Gasteiger charge is -2.09. The normalized spacial score (nSPS) is 10.5. The van der Waals surface area contributed by atoms with Gasteiger partial charge in [0, 0.05) is 19.3 Å². The third-order valence-corrected chi connectivity index (χ3v) is 3.31. The predicted octanol–water partition coefficient (Wildman–Crippen LogP) is 4.32. The van der Waals surface area contributed by atoms with E-state index < -0.39 is 0 Å². The van der Waals surface area contributed by atoms with Crippen molar-refractivity contribution in [3.8, 4) is 11.8 Å². The van der Waals surface area contributed by atoms with Gasteiger partial charge in [-0.1, -0.05) is 35.9 Å². The lowest BCUT2D eigenvalue weighted by Crippen LogP contribution is -2.01. The standard InChI is InChI=1S/C18H17ClN2O2/c1-22-13-23-18-8-7-16(11-17(18)19)21-9-3-6-14-4-2-5-15(10-14)12-20/h2-8,10-11,21H,9,13H2,1H3/b6-3+. The predicted molar refractivity (Wildman–Crippen MR) is 92.6 cm³/mol. The number of anilines is 1. The van der Waals surface area contributed by atoms with Gasteiger partial charge in [0.2, 0.25) is 0 Å². The summed E-state index contributed by atoms with van der Waals surface area (Å²) >= 11 is 6.14. The molecule has 5 heteroatoms. The van der Waals surface area contributed by atoms with Crippen LogP contribution in [0.4, 0.5) is 5.69 Å². The fourth-order valence-electron chi connectivity index (χ4n) is 1.93. The zero-order valence-corrected chi connectivity index (χ0v) is 13.5. The Hall–Kier alpha value is -2.48. The van der Waals surface area contributed by atoms with Crippen LogP contribution in [0.1, 0.15) is 11.1 Å². The van der Waals surface area contributed by atoms with Crippen LogP contribution >= 0.6 is 11.6 Å². The number of nitrogens with one attached hydrogen (secondary N) is 1. The van der Waals surface area contributed by atoms with Crippen molar-refractivity contribution in [1.82, 2.24) is 0 Å². The van der Waals surface area contributed by atoms with Gasteiger partial charge < -0.3 is 14.8 Å². The molecule has 0 amide bonds. The van der Waals surface area contributed by atoms with Crippen LogP contribution < -0.4 is 10.1 Å². The minimum Gasteiger partial charge on any atom is -0.466 e. The molecule has 0 aromatic heterocycles. The van der Waals surface area contributed by atoms with E-state index in [1.807, 2.05) is 36.4 Å². The van der Waals surface area contributed by atoms with Crippen molar-refractivity contribution < 1.29 is 9.47 Å². The highest BCUT2D eigenvalue weighted by molar-refractivity contribution is 6.32. The topological polar surface area (TPSA) is 54.3 Å². The van der Waals surface area contributed by atoms with Crippen LogP contribution in [0.3, 0.4) is 0 Å². The van der Waals surface area contributed by atoms with E-state index in [0.717, 1.165) is 11.3 Å². The molecule has 0 unspecified atom stereocenters. The molecule has 0 heterocycles. The number of nitriles is 1. The molecule has 23 heavy (non-hydrogen) atoms. The molecule has 0 spiro atoms. The Balaban J connectivity index is 1.89. The molecule has 118 valence electrons. The van der Waals surface area contributed by atoms with Gasteiger partial charge in [-0.15, -0.1) is 0 Å². The van der Waals surface area contributed by atoms with Crippen molar-refractivity contribution >= 4 is 23.4 Å². The molecular weight excluding hydrogens is 312 g/mol. The summed E-state index contributed by atoms with van der Waals surface area (Å²) in [6.45, 7) is 0.808. The Bertz CT molecular complexity index is 723. The Morgan fingerprint density at radius 3 is 2.87 bits per heavy atom. The number of hydrogen-bond acceptors (Lipinski definition) is 4. The van der Waals surface area contributed by atoms with E-state index in [2.05, 4.69) is 11.4 Å². The molecule has 0 saturated carbocycles. The minimum absolute atomic E-state index is 0.164. The van der Waals surface area contributed by atoms with E-state index >= 15 is 0 Å². The maximum atomic E-state index is 8.87. The van der Waals surface area contributed by atoms with Crippen molar-refractivity contribution in [2.24, 2.45) is 0 Å². The van der Waals surface area contributed by atoms with E-state index in [-0.39, 0.29) is 6.79 Å². The summed E-state index contributed by atoms with van der Waals surface area (Å²) in [5.74, 6) is 0.586. The largest absolute Gasteiger partial charge is 0.466 e. The number of hydrogen-bond donors (Lipinski definition) is 1. The fourth-order valence-corrected chi connectivity index (χ4v) is 2.17. The summed E-state index contributed by atoms with van der Waals surface area (Å²) in [4.78, 5) is 0. The average molecular weight is 329 g/mol. The van der Waals surface area contributed by atoms with Gasteiger partial charge in [0.1, 0.15) is 5.75 Å². The van der Waals surface area contributed by atoms with Gasteiger partial charge in [0.05, 0.1) is 16.7 Å². The Kier molecular flexibility index (Phi) is 6.49. The first-order chi connectivity index (χ1) is 11.2. The fraction of sp³-hybridized carbons (Fsp3) is 0.167. The number of rotatable bonds is 7. The highest BCUT2D eigenvalue weighted by Gasteiger charge is 2.02. The van der Waals surface area contributed by atoms with Gasteiger partial charge in [-0.2, -0.15) is 5.26 Å². The first-order valence-corrected chi connectivity index (χ1v) is 7.42. The second-order valence-corrected chi connectivity index (χ2v) is 5.12. The van der Waals surface area contributed by atoms with E-state index in [0.29, 0.717) is 22.9 Å². The number of nitrogens with zero attached hydrogens (tertiary/aromatic N) is 1. The van der Waals surface area contributed by atoms with Crippen molar-refractivity contribution in [2.45, 2.75) is 0 Å². The quantitative estimate of drug-likeness (QED) is 0.769. The first-order valence-electron chi connectivity index (χ1n) is 7.05. The molecule has 0 aliphatic heterocycles. The van der Waals surface area contributed by atoms with Gasteiger partial charge in [-0.25, -0.2) is 0 Å². The van der Waals surface area contributed by atoms with Crippen LogP contribution in [0.15, 0.2) is 48.5 Å². The molecule has 2 rings (SSSR count). The molecule has 1 N–H and O–H groups in total. The lowest BCUT2D eigenvalue weighted by atomic mass is 10.1. The molecule has 0 aliphatic rings. The Morgan fingerprint density at radius 1 is 1.26 bits per heavy atom. The SMILES string of the molecule is COCOc1ccc(NC/C=C/c2cccc(C#N)c2)cc1Cl. The van der Waals surface area contributed by atoms with Gasteiger partial charge in [0.15, 0.2) is 6.79 Å². The molecule has 0 atom stereocenters. The monoisotopic (exact) mass is 328 g/mol. The summed E-state index contributed by atoms with van der Waals surface area (Å²) in [7, 11) is 1.56. The Morgan fingerprint density at radius 2 is 2.13 bits per heavy atom. The number of ether oxygens (including phenoxy) is 2. The molecule has 0 aliphatic carbocycles. The second-order valence-electron chi connectivity index (χ2n) is 4.72. The summed E-state index contributed by atoms with van der Waals surface area (Å²) in [5, 5.41) is 12.6. The molecule has 0 bridgehead atoms. The third-order valence-electron chi connectivity index (χ3n) is 3.01. The number of halogens is 1. The first kappa shape index (κ1) is 16.9. The summed E-state index contributed by atoms with van der Waals surface area (Å²) in [5.41, 5.74) is 2.54. The molecular formula is C18H17ClN2O2. The van der Waals surface area contributed by atoms with E-state index in [4.69, 9.17) is 26.3 Å². The van der Waals surface area contributed by atoms with Crippen molar-refractivity contribution in [3.63, 3.8) is 0 Å². The van der Waals surface area contributed by atoms with Crippen LogP contribution in [-0.2, 0) is 4.74 Å². The van der Waals surface area contributed by atoms with Crippen LogP contribution in [-0.4, -0.2) is 20.4 Å². The van der Waals surface area contributed by atoms with Crippen LogP contribution in [0.5, 0.6) is 5.75 Å². The molecule has 4 nitrogen and oxygen atoms in total. The zero-order chi connectivity index (χ0) is 16.5. The van der Waals surface area contributed by atoms with E-state index in [9.17, 15) is 0 Å². The van der Waals surface area contributed by atoms with E-state index in [1.165, 1.54) is 0 Å². The second kappa shape index (κ2) is 8.84. The molecule has 0 saturated heterocycles. The zero-order valence-electron chi connectivity index (χ0n) is 12.8. The summed E-state index contributed by atoms with van der Waals surface area (Å²) in [6.07, 6.45) is 3.95. The van der Waals surface area contributed by atoms with Gasteiger partial charge >= 0.3 is 0 Å². The van der Waals surface area contributed by atoms with Crippen molar-refractivity contribution in [1.29, 1.82) is 5.26 Å². The van der Waals surface area contributed by atoms with E-state index in [1.54, 1.807) is 25.3 Å². The van der Waals surface area contributed by atoms with Crippen LogP contribution in [0.25, 0.3) is 6.08 Å². The van der Waals surface area contributed by atoms with Gasteiger partial charge in [-0.3, -0.25) is 0 Å². The van der Waals surface area contributed by atoms with Gasteiger partial charge in [0.25, 0.3) is 0 Å².